The molecule has 0 aliphatic carbocycles. The largest absolute Gasteiger partial charge is 0.371 e. The van der Waals surface area contributed by atoms with E-state index < -0.39 is 10.3 Å². The zero-order valence-corrected chi connectivity index (χ0v) is 5.78. The molecule has 0 spiro atoms. The summed E-state index contributed by atoms with van der Waals surface area (Å²) in [5.41, 5.74) is 0. The first-order valence-electron chi connectivity index (χ1n) is 1.85. The zero-order chi connectivity index (χ0) is 6.08. The number of hydrogen-bond donors (Lipinski definition) is 0. The van der Waals surface area contributed by atoms with Crippen LogP contribution in [0.1, 0.15) is 13.8 Å². The Kier molecular flexibility index (Phi) is 1.81. The van der Waals surface area contributed by atoms with Gasteiger partial charge in [-0.3, -0.25) is 0 Å². The van der Waals surface area contributed by atoms with E-state index in [1.165, 1.54) is 13.8 Å². The molecule has 0 atom stereocenters. The van der Waals surface area contributed by atoms with E-state index in [1.807, 2.05) is 0 Å². The maximum atomic E-state index is 9.86. The van der Waals surface area contributed by atoms with Crippen molar-refractivity contribution in [2.24, 2.45) is 0 Å². The summed E-state index contributed by atoms with van der Waals surface area (Å²) in [4.78, 5) is 9.86. The van der Waals surface area contributed by atoms with Gasteiger partial charge in [-0.25, -0.2) is 9.90 Å². The molecule has 0 saturated carbocycles. The monoisotopic (exact) mass is 165 g/mol. The highest BCUT2D eigenvalue weighted by atomic mass is 79.9. The van der Waals surface area contributed by atoms with Crippen molar-refractivity contribution in [3.63, 3.8) is 0 Å². The van der Waals surface area contributed by atoms with Crippen LogP contribution in [0.25, 0.3) is 0 Å². The number of hydrogen-bond acceptors (Lipinski definition) is 1. The van der Waals surface area contributed by atoms with Gasteiger partial charge in [0.1, 0.15) is 4.32 Å². The summed E-state index contributed by atoms with van der Waals surface area (Å²) in [5, 5.41) is 9.86. The molecule has 2 nitrogen and oxygen atoms in total. The quantitative estimate of drug-likeness (QED) is 0.537. The van der Waals surface area contributed by atoms with E-state index in [0.29, 0.717) is 0 Å². The van der Waals surface area contributed by atoms with Gasteiger partial charge >= 0.3 is 5.97 Å². The molecule has 0 heterocycles. The van der Waals surface area contributed by atoms with Gasteiger partial charge in [0.25, 0.3) is 0 Å². The average molecular weight is 166 g/mol. The van der Waals surface area contributed by atoms with Crippen LogP contribution < -0.4 is 0 Å². The second-order valence-corrected chi connectivity index (χ2v) is 3.74. The molecule has 3 heteroatoms. The molecule has 1 radical (unpaired) electrons. The van der Waals surface area contributed by atoms with Crippen molar-refractivity contribution in [3.05, 3.63) is 0 Å². The minimum atomic E-state index is -1.09. The fourth-order valence-electron chi connectivity index (χ4n) is 0. The topological polar surface area (TPSA) is 37.0 Å². The Morgan fingerprint density at radius 3 is 1.71 bits per heavy atom. The van der Waals surface area contributed by atoms with Crippen LogP contribution in [-0.2, 0) is 9.90 Å². The third-order valence-corrected chi connectivity index (χ3v) is 0.809. The first-order chi connectivity index (χ1) is 2.94. The maximum absolute atomic E-state index is 9.86. The van der Waals surface area contributed by atoms with Gasteiger partial charge < -0.3 is 0 Å². The number of carbonyl (C=O) groups excluding carboxylic acids is 1. The van der Waals surface area contributed by atoms with Crippen LogP contribution in [0, 0.1) is 0 Å². The van der Waals surface area contributed by atoms with E-state index in [2.05, 4.69) is 15.9 Å². The van der Waals surface area contributed by atoms with Crippen molar-refractivity contribution in [1.82, 2.24) is 0 Å². The van der Waals surface area contributed by atoms with E-state index in [4.69, 9.17) is 0 Å². The number of rotatable bonds is 1. The van der Waals surface area contributed by atoms with Gasteiger partial charge in [-0.2, -0.15) is 0 Å². The Morgan fingerprint density at radius 2 is 1.71 bits per heavy atom. The van der Waals surface area contributed by atoms with Crippen molar-refractivity contribution in [3.8, 4) is 0 Å². The van der Waals surface area contributed by atoms with Crippen molar-refractivity contribution in [2.75, 3.05) is 0 Å². The van der Waals surface area contributed by atoms with Crippen LogP contribution in [-0.4, -0.2) is 10.3 Å². The van der Waals surface area contributed by atoms with Gasteiger partial charge in [0.2, 0.25) is 0 Å². The van der Waals surface area contributed by atoms with Crippen LogP contribution >= 0.6 is 15.9 Å². The molecule has 0 aliphatic heterocycles. The SMILES string of the molecule is CC(C)(Br)C([O])=O. The Balaban J connectivity index is 3.79. The Morgan fingerprint density at radius 1 is 1.57 bits per heavy atom. The lowest BCUT2D eigenvalue weighted by Gasteiger charge is -2.03. The molecule has 0 aliphatic rings. The summed E-state index contributed by atoms with van der Waals surface area (Å²) < 4.78 is -0.882. The molecule has 41 valence electrons. The number of carbonyl (C=O) groups is 1. The standard InChI is InChI=1S/C4H6BrO2/c1-4(2,5)3(6)7/h1-2H3. The highest BCUT2D eigenvalue weighted by molar-refractivity contribution is 9.10. The molecular weight excluding hydrogens is 160 g/mol. The van der Waals surface area contributed by atoms with Crippen LogP contribution in [0.15, 0.2) is 0 Å². The summed E-state index contributed by atoms with van der Waals surface area (Å²) >= 11 is 2.88. The summed E-state index contributed by atoms with van der Waals surface area (Å²) in [5.74, 6) is -1.09. The lowest BCUT2D eigenvalue weighted by atomic mass is 10.2. The molecule has 7 heavy (non-hydrogen) atoms. The van der Waals surface area contributed by atoms with Crippen molar-refractivity contribution < 1.29 is 9.90 Å². The summed E-state index contributed by atoms with van der Waals surface area (Å²) in [6, 6.07) is 0. The molecule has 0 saturated heterocycles. The molecule has 0 fully saturated rings. The van der Waals surface area contributed by atoms with E-state index in [-0.39, 0.29) is 0 Å². The lowest BCUT2D eigenvalue weighted by Crippen LogP contribution is -2.21. The Hall–Kier alpha value is -0.0500. The van der Waals surface area contributed by atoms with Crippen molar-refractivity contribution >= 4 is 21.9 Å². The van der Waals surface area contributed by atoms with E-state index in [1.54, 1.807) is 0 Å². The third-order valence-electron chi connectivity index (χ3n) is 0.485. The number of alkyl halides is 1. The second-order valence-electron chi connectivity index (χ2n) is 1.76. The molecule has 0 bridgehead atoms. The highest BCUT2D eigenvalue weighted by Crippen LogP contribution is 2.14. The molecule has 0 rings (SSSR count). The van der Waals surface area contributed by atoms with Crippen LogP contribution in [0.2, 0.25) is 0 Å². The molecule has 0 unspecified atom stereocenters. The van der Waals surface area contributed by atoms with Gasteiger partial charge in [0.05, 0.1) is 0 Å². The van der Waals surface area contributed by atoms with E-state index in [9.17, 15) is 9.90 Å². The lowest BCUT2D eigenvalue weighted by molar-refractivity contribution is -0.144. The summed E-state index contributed by atoms with van der Waals surface area (Å²) in [6.07, 6.45) is 0. The van der Waals surface area contributed by atoms with Crippen LogP contribution in [0.3, 0.4) is 0 Å². The average Bonchev–Trinajstić information content (AvgIpc) is 1.31. The first kappa shape index (κ1) is 6.95. The summed E-state index contributed by atoms with van der Waals surface area (Å²) in [7, 11) is 0. The van der Waals surface area contributed by atoms with Crippen LogP contribution in [0.5, 0.6) is 0 Å². The number of halogens is 1. The zero-order valence-electron chi connectivity index (χ0n) is 4.19. The normalized spacial score (nSPS) is 11.3. The summed E-state index contributed by atoms with van der Waals surface area (Å²) in [6.45, 7) is 3.03. The van der Waals surface area contributed by atoms with Gasteiger partial charge in [-0.05, 0) is 13.8 Å². The van der Waals surface area contributed by atoms with Gasteiger partial charge in [0.15, 0.2) is 0 Å². The molecule has 0 aromatic carbocycles. The molecule has 0 N–H and O–H groups in total. The highest BCUT2D eigenvalue weighted by Gasteiger charge is 2.23. The molecular formula is C4H6BrO2. The van der Waals surface area contributed by atoms with Crippen LogP contribution in [0.4, 0.5) is 0 Å². The Bertz CT molecular complexity index is 82.2. The predicted octanol–water partition coefficient (Wildman–Crippen LogP) is 1.12. The third kappa shape index (κ3) is 2.62. The van der Waals surface area contributed by atoms with E-state index in [0.717, 1.165) is 0 Å². The molecule has 0 aromatic rings. The minimum Gasteiger partial charge on any atom is -0.246 e. The van der Waals surface area contributed by atoms with Gasteiger partial charge in [0, 0.05) is 0 Å². The molecule has 0 aromatic heterocycles. The Labute approximate surface area is 50.7 Å². The maximum Gasteiger partial charge on any atom is 0.371 e. The fraction of sp³-hybridized carbons (Fsp3) is 0.750. The first-order valence-corrected chi connectivity index (χ1v) is 2.64. The van der Waals surface area contributed by atoms with Crippen molar-refractivity contribution in [2.45, 2.75) is 18.2 Å². The van der Waals surface area contributed by atoms with E-state index >= 15 is 0 Å². The smallest absolute Gasteiger partial charge is 0.246 e. The van der Waals surface area contributed by atoms with Gasteiger partial charge in [-0.15, -0.1) is 0 Å². The minimum absolute atomic E-state index is 0.882. The predicted molar refractivity (Wildman–Crippen MR) is 28.7 cm³/mol. The second kappa shape index (κ2) is 1.82. The van der Waals surface area contributed by atoms with Gasteiger partial charge in [-0.1, -0.05) is 15.9 Å². The molecule has 0 amide bonds. The van der Waals surface area contributed by atoms with Crippen molar-refractivity contribution in [1.29, 1.82) is 0 Å². The fourth-order valence-corrected chi connectivity index (χ4v) is 0.